The lowest BCUT2D eigenvalue weighted by Gasteiger charge is -2.19. The average molecular weight is 314 g/mol. The predicted molar refractivity (Wildman–Crippen MR) is 89.2 cm³/mol. The first kappa shape index (κ1) is 15.6. The second-order valence-corrected chi connectivity index (χ2v) is 5.43. The van der Waals surface area contributed by atoms with Gasteiger partial charge in [0.15, 0.2) is 0 Å². The van der Waals surface area contributed by atoms with Crippen molar-refractivity contribution in [1.82, 2.24) is 15.3 Å². The van der Waals surface area contributed by atoms with E-state index in [0.717, 1.165) is 61.1 Å². The van der Waals surface area contributed by atoms with Crippen molar-refractivity contribution in [1.29, 1.82) is 0 Å². The van der Waals surface area contributed by atoms with Crippen LogP contribution in [-0.2, 0) is 19.4 Å². The second kappa shape index (κ2) is 7.28. The fraction of sp³-hybridized carbons (Fsp3) is 0.412. The van der Waals surface area contributed by atoms with Gasteiger partial charge in [0.05, 0.1) is 19.9 Å². The number of anilines is 1. The fourth-order valence-electron chi connectivity index (χ4n) is 2.81. The highest BCUT2D eigenvalue weighted by Crippen LogP contribution is 2.25. The van der Waals surface area contributed by atoms with Crippen molar-refractivity contribution >= 4 is 5.82 Å². The Bertz CT molecular complexity index is 676. The Morgan fingerprint density at radius 2 is 2.13 bits per heavy atom. The Kier molecular flexibility index (Phi) is 4.92. The quantitative estimate of drug-likeness (QED) is 0.847. The van der Waals surface area contributed by atoms with Gasteiger partial charge in [-0.25, -0.2) is 9.97 Å². The molecule has 6 nitrogen and oxygen atoms in total. The Balaban J connectivity index is 1.66. The Hall–Kier alpha value is -2.34. The van der Waals surface area contributed by atoms with E-state index in [4.69, 9.17) is 9.47 Å². The number of rotatable bonds is 6. The third-order valence-electron chi connectivity index (χ3n) is 4.06. The lowest BCUT2D eigenvalue weighted by Crippen LogP contribution is -2.26. The van der Waals surface area contributed by atoms with Gasteiger partial charge in [-0.15, -0.1) is 0 Å². The standard InChI is InChI=1S/C17H22N4O2/c1-22-13-4-3-12(16(9-13)23-2)5-8-19-17-14-6-7-18-10-15(14)20-11-21-17/h3-4,9,11,18H,5-8,10H2,1-2H3,(H,19,20,21). The normalized spacial score (nSPS) is 13.3. The summed E-state index contributed by atoms with van der Waals surface area (Å²) >= 11 is 0. The van der Waals surface area contributed by atoms with Crippen molar-refractivity contribution in [2.75, 3.05) is 32.6 Å². The van der Waals surface area contributed by atoms with Crippen LogP contribution in [0.5, 0.6) is 11.5 Å². The van der Waals surface area contributed by atoms with Gasteiger partial charge >= 0.3 is 0 Å². The topological polar surface area (TPSA) is 68.3 Å². The van der Waals surface area contributed by atoms with Crippen LogP contribution >= 0.6 is 0 Å². The summed E-state index contributed by atoms with van der Waals surface area (Å²) in [7, 11) is 3.34. The molecule has 1 aromatic carbocycles. The van der Waals surface area contributed by atoms with Crippen LogP contribution in [0.3, 0.4) is 0 Å². The molecule has 2 heterocycles. The van der Waals surface area contributed by atoms with Gasteiger partial charge in [-0.2, -0.15) is 0 Å². The van der Waals surface area contributed by atoms with Gasteiger partial charge in [-0.1, -0.05) is 6.07 Å². The van der Waals surface area contributed by atoms with E-state index in [0.29, 0.717) is 0 Å². The van der Waals surface area contributed by atoms with Crippen LogP contribution in [0.25, 0.3) is 0 Å². The van der Waals surface area contributed by atoms with Crippen LogP contribution in [0.4, 0.5) is 5.82 Å². The molecule has 0 spiro atoms. The van der Waals surface area contributed by atoms with Crippen LogP contribution in [0.15, 0.2) is 24.5 Å². The number of fused-ring (bicyclic) bond motifs is 1. The lowest BCUT2D eigenvalue weighted by atomic mass is 10.1. The molecule has 0 fully saturated rings. The molecule has 2 N–H and O–H groups in total. The van der Waals surface area contributed by atoms with Gasteiger partial charge in [0.2, 0.25) is 0 Å². The van der Waals surface area contributed by atoms with E-state index in [2.05, 4.69) is 20.6 Å². The molecule has 1 aliphatic heterocycles. The van der Waals surface area contributed by atoms with E-state index in [1.165, 1.54) is 5.56 Å². The van der Waals surface area contributed by atoms with Crippen molar-refractivity contribution in [3.05, 3.63) is 41.3 Å². The van der Waals surface area contributed by atoms with E-state index in [9.17, 15) is 0 Å². The molecule has 3 rings (SSSR count). The van der Waals surface area contributed by atoms with Gasteiger partial charge in [-0.05, 0) is 31.0 Å². The molecule has 122 valence electrons. The molecule has 0 saturated carbocycles. The van der Waals surface area contributed by atoms with E-state index in [1.54, 1.807) is 20.5 Å². The molecular weight excluding hydrogens is 292 g/mol. The third kappa shape index (κ3) is 3.53. The maximum absolute atomic E-state index is 5.44. The summed E-state index contributed by atoms with van der Waals surface area (Å²) in [5.41, 5.74) is 3.47. The number of hydrogen-bond donors (Lipinski definition) is 2. The van der Waals surface area contributed by atoms with Crippen LogP contribution < -0.4 is 20.1 Å². The summed E-state index contributed by atoms with van der Waals surface area (Å²) in [6, 6.07) is 5.91. The van der Waals surface area contributed by atoms with E-state index >= 15 is 0 Å². The maximum Gasteiger partial charge on any atom is 0.132 e. The zero-order valence-corrected chi connectivity index (χ0v) is 13.6. The minimum absolute atomic E-state index is 0.791. The van der Waals surface area contributed by atoms with Gasteiger partial charge in [-0.3, -0.25) is 0 Å². The molecule has 1 aliphatic rings. The highest BCUT2D eigenvalue weighted by Gasteiger charge is 2.14. The number of methoxy groups -OCH3 is 2. The van der Waals surface area contributed by atoms with Gasteiger partial charge < -0.3 is 20.1 Å². The Morgan fingerprint density at radius 3 is 2.96 bits per heavy atom. The molecule has 0 aliphatic carbocycles. The maximum atomic E-state index is 5.44. The first-order valence-corrected chi connectivity index (χ1v) is 7.80. The van der Waals surface area contributed by atoms with Crippen LogP contribution in [0, 0.1) is 0 Å². The number of aromatic nitrogens is 2. The number of ether oxygens (including phenoxy) is 2. The monoisotopic (exact) mass is 314 g/mol. The van der Waals surface area contributed by atoms with E-state index in [-0.39, 0.29) is 0 Å². The van der Waals surface area contributed by atoms with Gasteiger partial charge in [0.1, 0.15) is 23.6 Å². The molecule has 6 heteroatoms. The van der Waals surface area contributed by atoms with Crippen molar-refractivity contribution in [3.63, 3.8) is 0 Å². The predicted octanol–water partition coefficient (Wildman–Crippen LogP) is 1.79. The number of nitrogens with zero attached hydrogens (tertiary/aromatic N) is 2. The molecule has 0 atom stereocenters. The molecule has 0 bridgehead atoms. The SMILES string of the molecule is COc1ccc(CCNc2ncnc3c2CCNC3)c(OC)c1. The molecule has 0 radical (unpaired) electrons. The Labute approximate surface area is 136 Å². The van der Waals surface area contributed by atoms with E-state index in [1.807, 2.05) is 18.2 Å². The smallest absolute Gasteiger partial charge is 0.132 e. The first-order valence-electron chi connectivity index (χ1n) is 7.80. The van der Waals surface area contributed by atoms with Gasteiger partial charge in [0.25, 0.3) is 0 Å². The largest absolute Gasteiger partial charge is 0.497 e. The Morgan fingerprint density at radius 1 is 1.22 bits per heavy atom. The lowest BCUT2D eigenvalue weighted by molar-refractivity contribution is 0.391. The van der Waals surface area contributed by atoms with Crippen LogP contribution in [-0.4, -0.2) is 37.3 Å². The van der Waals surface area contributed by atoms with Crippen molar-refractivity contribution in [3.8, 4) is 11.5 Å². The third-order valence-corrected chi connectivity index (χ3v) is 4.06. The molecular formula is C17H22N4O2. The summed E-state index contributed by atoms with van der Waals surface area (Å²) in [4.78, 5) is 8.74. The number of benzene rings is 1. The molecule has 0 unspecified atom stereocenters. The van der Waals surface area contributed by atoms with Crippen molar-refractivity contribution in [2.24, 2.45) is 0 Å². The highest BCUT2D eigenvalue weighted by molar-refractivity contribution is 5.47. The minimum Gasteiger partial charge on any atom is -0.497 e. The molecule has 23 heavy (non-hydrogen) atoms. The first-order chi connectivity index (χ1) is 11.3. The summed E-state index contributed by atoms with van der Waals surface area (Å²) < 4.78 is 10.7. The van der Waals surface area contributed by atoms with E-state index < -0.39 is 0 Å². The van der Waals surface area contributed by atoms with Crippen molar-refractivity contribution < 1.29 is 9.47 Å². The summed E-state index contributed by atoms with van der Waals surface area (Å²) in [6.07, 6.45) is 3.44. The van der Waals surface area contributed by atoms with Gasteiger partial charge in [0, 0.05) is 24.7 Å². The van der Waals surface area contributed by atoms with Crippen molar-refractivity contribution in [2.45, 2.75) is 19.4 Å². The summed E-state index contributed by atoms with van der Waals surface area (Å²) in [5.74, 6) is 2.60. The second-order valence-electron chi connectivity index (χ2n) is 5.43. The number of nitrogens with one attached hydrogen (secondary N) is 2. The highest BCUT2D eigenvalue weighted by atomic mass is 16.5. The molecule has 0 saturated heterocycles. The molecule has 1 aromatic heterocycles. The zero-order valence-electron chi connectivity index (χ0n) is 13.6. The number of hydrogen-bond acceptors (Lipinski definition) is 6. The zero-order chi connectivity index (χ0) is 16.1. The average Bonchev–Trinajstić information content (AvgIpc) is 2.62. The fourth-order valence-corrected chi connectivity index (χ4v) is 2.81. The minimum atomic E-state index is 0.791. The molecule has 2 aromatic rings. The summed E-state index contributed by atoms with van der Waals surface area (Å²) in [6.45, 7) is 2.58. The summed E-state index contributed by atoms with van der Waals surface area (Å²) in [5, 5.41) is 6.77. The van der Waals surface area contributed by atoms with Crippen LogP contribution in [0.2, 0.25) is 0 Å². The van der Waals surface area contributed by atoms with Crippen LogP contribution in [0.1, 0.15) is 16.8 Å². The molecule has 0 amide bonds.